The lowest BCUT2D eigenvalue weighted by Crippen LogP contribution is -2.27. The Hall–Kier alpha value is -1.24. The SMILES string of the molecule is N#Cc1cc(Cl)ccc1NC1CCN(C2CC2)C1. The minimum Gasteiger partial charge on any atom is -0.380 e. The summed E-state index contributed by atoms with van der Waals surface area (Å²) in [6.07, 6.45) is 3.87. The topological polar surface area (TPSA) is 39.1 Å². The van der Waals surface area contributed by atoms with Gasteiger partial charge in [0.25, 0.3) is 0 Å². The smallest absolute Gasteiger partial charge is 0.101 e. The molecular formula is C14H16ClN3. The zero-order valence-electron chi connectivity index (χ0n) is 10.2. The van der Waals surface area contributed by atoms with E-state index in [-0.39, 0.29) is 0 Å². The predicted octanol–water partition coefficient (Wildman–Crippen LogP) is 2.86. The van der Waals surface area contributed by atoms with Crippen LogP contribution in [0.5, 0.6) is 0 Å². The van der Waals surface area contributed by atoms with Crippen molar-refractivity contribution in [2.45, 2.75) is 31.3 Å². The van der Waals surface area contributed by atoms with E-state index < -0.39 is 0 Å². The predicted molar refractivity (Wildman–Crippen MR) is 72.8 cm³/mol. The van der Waals surface area contributed by atoms with E-state index in [1.165, 1.54) is 19.4 Å². The molecule has 1 aliphatic heterocycles. The van der Waals surface area contributed by atoms with Crippen LogP contribution in [0, 0.1) is 11.3 Å². The summed E-state index contributed by atoms with van der Waals surface area (Å²) in [5, 5.41) is 13.2. The van der Waals surface area contributed by atoms with E-state index >= 15 is 0 Å². The third-order valence-corrected chi connectivity index (χ3v) is 3.98. The summed E-state index contributed by atoms with van der Waals surface area (Å²) in [5.74, 6) is 0. The van der Waals surface area contributed by atoms with Gasteiger partial charge < -0.3 is 5.32 Å². The van der Waals surface area contributed by atoms with Gasteiger partial charge in [-0.25, -0.2) is 0 Å². The van der Waals surface area contributed by atoms with Gasteiger partial charge in [-0.2, -0.15) is 5.26 Å². The van der Waals surface area contributed by atoms with Gasteiger partial charge in [0.1, 0.15) is 6.07 Å². The average Bonchev–Trinajstić information content (AvgIpc) is 3.12. The van der Waals surface area contributed by atoms with Crippen molar-refractivity contribution in [2.24, 2.45) is 0 Å². The molecule has 0 amide bonds. The highest BCUT2D eigenvalue weighted by atomic mass is 35.5. The maximum Gasteiger partial charge on any atom is 0.101 e. The lowest BCUT2D eigenvalue weighted by atomic mass is 10.1. The van der Waals surface area contributed by atoms with Crippen LogP contribution in [0.3, 0.4) is 0 Å². The van der Waals surface area contributed by atoms with E-state index in [2.05, 4.69) is 16.3 Å². The number of halogens is 1. The van der Waals surface area contributed by atoms with Crippen LogP contribution < -0.4 is 5.32 Å². The molecule has 1 saturated heterocycles. The number of nitriles is 1. The molecule has 0 aromatic heterocycles. The van der Waals surface area contributed by atoms with Crippen molar-refractivity contribution in [1.82, 2.24) is 4.90 Å². The van der Waals surface area contributed by atoms with Crippen LogP contribution in [-0.4, -0.2) is 30.1 Å². The minimum atomic E-state index is 0.457. The Bertz CT molecular complexity index is 490. The second-order valence-electron chi connectivity index (χ2n) is 5.16. The normalized spacial score (nSPS) is 23.9. The van der Waals surface area contributed by atoms with Crippen molar-refractivity contribution in [3.8, 4) is 6.07 Å². The fourth-order valence-electron chi connectivity index (χ4n) is 2.63. The molecule has 0 spiro atoms. The second-order valence-corrected chi connectivity index (χ2v) is 5.59. The number of nitrogens with zero attached hydrogens (tertiary/aromatic N) is 2. The molecule has 0 radical (unpaired) electrons. The van der Waals surface area contributed by atoms with E-state index in [1.807, 2.05) is 12.1 Å². The van der Waals surface area contributed by atoms with Crippen LogP contribution >= 0.6 is 11.6 Å². The third-order valence-electron chi connectivity index (χ3n) is 3.74. The first-order valence-corrected chi connectivity index (χ1v) is 6.84. The Morgan fingerprint density at radius 1 is 1.33 bits per heavy atom. The molecule has 1 atom stereocenters. The summed E-state index contributed by atoms with van der Waals surface area (Å²) in [6, 6.07) is 8.94. The maximum absolute atomic E-state index is 9.11. The van der Waals surface area contributed by atoms with E-state index in [1.54, 1.807) is 6.07 Å². The quantitative estimate of drug-likeness (QED) is 0.909. The van der Waals surface area contributed by atoms with E-state index in [9.17, 15) is 0 Å². The van der Waals surface area contributed by atoms with Crippen LogP contribution in [0.25, 0.3) is 0 Å². The van der Waals surface area contributed by atoms with E-state index in [4.69, 9.17) is 16.9 Å². The van der Waals surface area contributed by atoms with Gasteiger partial charge in [0.2, 0.25) is 0 Å². The standard InChI is InChI=1S/C14H16ClN3/c15-11-1-4-14(10(7-11)8-16)17-12-5-6-18(9-12)13-2-3-13/h1,4,7,12-13,17H,2-3,5-6,9H2. The Labute approximate surface area is 112 Å². The molecule has 4 heteroatoms. The summed E-state index contributed by atoms with van der Waals surface area (Å²) in [4.78, 5) is 2.56. The molecule has 1 aromatic carbocycles. The van der Waals surface area contributed by atoms with Gasteiger partial charge >= 0.3 is 0 Å². The number of benzene rings is 1. The van der Waals surface area contributed by atoms with E-state index in [0.717, 1.165) is 24.7 Å². The largest absolute Gasteiger partial charge is 0.380 e. The molecule has 1 aliphatic carbocycles. The van der Waals surface area contributed by atoms with Crippen molar-refractivity contribution in [3.05, 3.63) is 28.8 Å². The molecule has 0 bridgehead atoms. The van der Waals surface area contributed by atoms with Gasteiger partial charge in [0, 0.05) is 30.2 Å². The molecule has 3 rings (SSSR count). The molecule has 2 fully saturated rings. The molecule has 1 aromatic rings. The minimum absolute atomic E-state index is 0.457. The first-order valence-electron chi connectivity index (χ1n) is 6.46. The zero-order valence-corrected chi connectivity index (χ0v) is 11.0. The number of hydrogen-bond donors (Lipinski definition) is 1. The molecule has 1 saturated carbocycles. The fourth-order valence-corrected chi connectivity index (χ4v) is 2.80. The van der Waals surface area contributed by atoms with Crippen molar-refractivity contribution in [2.75, 3.05) is 18.4 Å². The fraction of sp³-hybridized carbons (Fsp3) is 0.500. The van der Waals surface area contributed by atoms with Gasteiger partial charge in [0.15, 0.2) is 0 Å². The monoisotopic (exact) mass is 261 g/mol. The number of rotatable bonds is 3. The summed E-state index contributed by atoms with van der Waals surface area (Å²) in [5.41, 5.74) is 1.54. The number of anilines is 1. The van der Waals surface area contributed by atoms with Crippen LogP contribution in [0.2, 0.25) is 5.02 Å². The first kappa shape index (κ1) is 11.8. The van der Waals surface area contributed by atoms with Crippen LogP contribution in [-0.2, 0) is 0 Å². The molecule has 94 valence electrons. The van der Waals surface area contributed by atoms with Gasteiger partial charge in [-0.1, -0.05) is 11.6 Å². The molecule has 1 unspecified atom stereocenters. The first-order chi connectivity index (χ1) is 8.76. The van der Waals surface area contributed by atoms with Crippen molar-refractivity contribution < 1.29 is 0 Å². The van der Waals surface area contributed by atoms with Gasteiger partial charge in [-0.05, 0) is 37.5 Å². The summed E-state index contributed by atoms with van der Waals surface area (Å²) < 4.78 is 0. The van der Waals surface area contributed by atoms with Crippen LogP contribution in [0.4, 0.5) is 5.69 Å². The van der Waals surface area contributed by atoms with Crippen molar-refractivity contribution in [1.29, 1.82) is 5.26 Å². The lowest BCUT2D eigenvalue weighted by Gasteiger charge is -2.17. The second kappa shape index (κ2) is 4.79. The highest BCUT2D eigenvalue weighted by Gasteiger charge is 2.34. The third kappa shape index (κ3) is 2.45. The number of nitrogens with one attached hydrogen (secondary N) is 1. The Kier molecular flexibility index (Phi) is 3.15. The van der Waals surface area contributed by atoms with Gasteiger partial charge in [0.05, 0.1) is 11.3 Å². The molecular weight excluding hydrogens is 246 g/mol. The van der Waals surface area contributed by atoms with Crippen LogP contribution in [0.15, 0.2) is 18.2 Å². The summed E-state index contributed by atoms with van der Waals surface area (Å²) >= 11 is 5.90. The molecule has 1 heterocycles. The molecule has 18 heavy (non-hydrogen) atoms. The number of likely N-dealkylation sites (tertiary alicyclic amines) is 1. The Morgan fingerprint density at radius 3 is 2.89 bits per heavy atom. The van der Waals surface area contributed by atoms with Crippen molar-refractivity contribution in [3.63, 3.8) is 0 Å². The van der Waals surface area contributed by atoms with Gasteiger partial charge in [-0.3, -0.25) is 4.90 Å². The maximum atomic E-state index is 9.11. The average molecular weight is 262 g/mol. The van der Waals surface area contributed by atoms with Crippen LogP contribution in [0.1, 0.15) is 24.8 Å². The number of hydrogen-bond acceptors (Lipinski definition) is 3. The molecule has 2 aliphatic rings. The summed E-state index contributed by atoms with van der Waals surface area (Å²) in [7, 11) is 0. The zero-order chi connectivity index (χ0) is 12.5. The summed E-state index contributed by atoms with van der Waals surface area (Å²) in [6.45, 7) is 2.27. The Balaban J connectivity index is 1.67. The van der Waals surface area contributed by atoms with Crippen molar-refractivity contribution >= 4 is 17.3 Å². The highest BCUT2D eigenvalue weighted by molar-refractivity contribution is 6.30. The highest BCUT2D eigenvalue weighted by Crippen LogP contribution is 2.31. The lowest BCUT2D eigenvalue weighted by molar-refractivity contribution is 0.326. The molecule has 3 nitrogen and oxygen atoms in total. The van der Waals surface area contributed by atoms with Gasteiger partial charge in [-0.15, -0.1) is 0 Å². The van der Waals surface area contributed by atoms with E-state index in [0.29, 0.717) is 16.6 Å². The molecule has 1 N–H and O–H groups in total. The Morgan fingerprint density at radius 2 is 2.17 bits per heavy atom.